The van der Waals surface area contributed by atoms with Crippen LogP contribution in [0.2, 0.25) is 0 Å². The van der Waals surface area contributed by atoms with Gasteiger partial charge in [0, 0.05) is 24.1 Å². The first-order valence-electron chi connectivity index (χ1n) is 9.54. The maximum Gasteiger partial charge on any atom is 0.275 e. The molecule has 1 aromatic rings. The lowest BCUT2D eigenvalue weighted by Crippen LogP contribution is -2.63. The number of rotatable bonds is 3. The normalized spacial score (nSPS) is 31.0. The fraction of sp³-hybridized carbons (Fsp3) is 0.400. The second kappa shape index (κ2) is 7.84. The Morgan fingerprint density at radius 1 is 1.50 bits per heavy atom. The average Bonchev–Trinajstić information content (AvgIpc) is 2.95. The molecule has 0 bridgehead atoms. The molecule has 4 N–H and O–H groups in total. The van der Waals surface area contributed by atoms with Gasteiger partial charge in [0.2, 0.25) is 0 Å². The molecule has 1 fully saturated rings. The molecule has 10 heteroatoms. The molecule has 1 amide bonds. The SMILES string of the molecule is C[C@H]1C[C@@]2(F)CSC(N)=N[C@@]2(C2=CC(NC(=O)c3c[nH]c(=O)cn3)=CC=CC2)CO1. The lowest BCUT2D eigenvalue weighted by atomic mass is 9.71. The van der Waals surface area contributed by atoms with Gasteiger partial charge >= 0.3 is 0 Å². The third-order valence-electron chi connectivity index (χ3n) is 5.45. The molecule has 0 spiro atoms. The highest BCUT2D eigenvalue weighted by Crippen LogP contribution is 2.50. The number of alkyl halides is 1. The first-order valence-corrected chi connectivity index (χ1v) is 10.5. The van der Waals surface area contributed by atoms with Crippen LogP contribution in [-0.4, -0.2) is 50.7 Å². The highest BCUT2D eigenvalue weighted by atomic mass is 32.2. The molecule has 1 aliphatic carbocycles. The van der Waals surface area contributed by atoms with E-state index in [0.717, 1.165) is 6.20 Å². The van der Waals surface area contributed by atoms with E-state index in [4.69, 9.17) is 10.5 Å². The number of amidine groups is 1. The number of carbonyl (C=O) groups excluding carboxylic acids is 1. The Kier molecular flexibility index (Phi) is 5.37. The highest BCUT2D eigenvalue weighted by molar-refractivity contribution is 8.13. The zero-order valence-corrected chi connectivity index (χ0v) is 17.2. The number of hydrogen-bond donors (Lipinski definition) is 3. The highest BCUT2D eigenvalue weighted by Gasteiger charge is 2.60. The number of nitrogens with one attached hydrogen (secondary N) is 2. The summed E-state index contributed by atoms with van der Waals surface area (Å²) < 4.78 is 22.1. The largest absolute Gasteiger partial charge is 0.379 e. The van der Waals surface area contributed by atoms with E-state index in [2.05, 4.69) is 20.3 Å². The van der Waals surface area contributed by atoms with Gasteiger partial charge in [-0.2, -0.15) is 0 Å². The predicted octanol–water partition coefficient (Wildman–Crippen LogP) is 1.59. The fourth-order valence-corrected chi connectivity index (χ4v) is 4.89. The minimum absolute atomic E-state index is 0.0582. The second-order valence-corrected chi connectivity index (χ2v) is 8.56. The van der Waals surface area contributed by atoms with Gasteiger partial charge in [-0.1, -0.05) is 23.9 Å². The molecule has 0 aromatic carbocycles. The van der Waals surface area contributed by atoms with Crippen LogP contribution in [-0.2, 0) is 4.74 Å². The van der Waals surface area contributed by atoms with Crippen LogP contribution >= 0.6 is 11.8 Å². The Labute approximate surface area is 176 Å². The minimum atomic E-state index is -1.61. The number of thioether (sulfide) groups is 1. The summed E-state index contributed by atoms with van der Waals surface area (Å²) >= 11 is 1.21. The molecule has 0 radical (unpaired) electrons. The van der Waals surface area contributed by atoms with Crippen LogP contribution in [0.1, 0.15) is 30.3 Å². The van der Waals surface area contributed by atoms with Crippen LogP contribution in [0.5, 0.6) is 0 Å². The van der Waals surface area contributed by atoms with Gasteiger partial charge in [0.25, 0.3) is 11.5 Å². The van der Waals surface area contributed by atoms with Crippen molar-refractivity contribution in [2.45, 2.75) is 37.1 Å². The van der Waals surface area contributed by atoms with Gasteiger partial charge in [-0.05, 0) is 31.1 Å². The molecule has 1 saturated heterocycles. The Morgan fingerprint density at radius 3 is 3.10 bits per heavy atom. The number of allylic oxidation sites excluding steroid dienone is 4. The first-order chi connectivity index (χ1) is 14.3. The van der Waals surface area contributed by atoms with Gasteiger partial charge in [-0.25, -0.2) is 14.4 Å². The topological polar surface area (TPSA) is 122 Å². The van der Waals surface area contributed by atoms with Crippen LogP contribution < -0.4 is 16.6 Å². The van der Waals surface area contributed by atoms with E-state index in [0.29, 0.717) is 22.9 Å². The smallest absolute Gasteiger partial charge is 0.275 e. The van der Waals surface area contributed by atoms with E-state index in [1.165, 1.54) is 18.0 Å². The molecule has 3 aliphatic rings. The zero-order chi connectivity index (χ0) is 21.4. The maximum atomic E-state index is 16.2. The number of amides is 1. The van der Waals surface area contributed by atoms with E-state index in [-0.39, 0.29) is 30.6 Å². The number of carbonyl (C=O) groups is 1. The summed E-state index contributed by atoms with van der Waals surface area (Å²) in [7, 11) is 0. The molecular weight excluding hydrogens is 409 g/mol. The van der Waals surface area contributed by atoms with Gasteiger partial charge in [0.15, 0.2) is 10.8 Å². The van der Waals surface area contributed by atoms with E-state index < -0.39 is 22.7 Å². The number of ether oxygens (including phenoxy) is 1. The predicted molar refractivity (Wildman–Crippen MR) is 113 cm³/mol. The van der Waals surface area contributed by atoms with Crippen LogP contribution in [0.3, 0.4) is 0 Å². The summed E-state index contributed by atoms with van der Waals surface area (Å²) in [5.74, 6) is -0.299. The molecular formula is C20H22FN5O3S. The van der Waals surface area contributed by atoms with Crippen molar-refractivity contribution in [1.82, 2.24) is 15.3 Å². The lowest BCUT2D eigenvalue weighted by molar-refractivity contribution is -0.0901. The number of H-pyrrole nitrogens is 1. The number of fused-ring (bicyclic) bond motifs is 1. The summed E-state index contributed by atoms with van der Waals surface area (Å²) in [5, 5.41) is 3.07. The van der Waals surface area contributed by atoms with Crippen molar-refractivity contribution in [2.24, 2.45) is 10.7 Å². The molecule has 3 heterocycles. The minimum Gasteiger partial charge on any atom is -0.379 e. The summed E-state index contributed by atoms with van der Waals surface area (Å²) in [5.41, 5.74) is 3.92. The van der Waals surface area contributed by atoms with Crippen molar-refractivity contribution in [2.75, 3.05) is 12.4 Å². The van der Waals surface area contributed by atoms with Gasteiger partial charge < -0.3 is 20.8 Å². The number of nitrogens with two attached hydrogens (primary N) is 1. The molecule has 158 valence electrons. The van der Waals surface area contributed by atoms with E-state index in [1.54, 1.807) is 18.2 Å². The van der Waals surface area contributed by atoms with Crippen LogP contribution in [0, 0.1) is 0 Å². The fourth-order valence-electron chi connectivity index (χ4n) is 3.94. The maximum absolute atomic E-state index is 16.2. The van der Waals surface area contributed by atoms with Gasteiger partial charge in [0.1, 0.15) is 11.2 Å². The Balaban J connectivity index is 1.68. The van der Waals surface area contributed by atoms with Crippen molar-refractivity contribution < 1.29 is 13.9 Å². The number of hydrogen-bond acceptors (Lipinski definition) is 7. The number of halogens is 1. The number of aromatic amines is 1. The van der Waals surface area contributed by atoms with Crippen molar-refractivity contribution in [3.8, 4) is 0 Å². The van der Waals surface area contributed by atoms with Crippen LogP contribution in [0.25, 0.3) is 0 Å². The molecule has 0 unspecified atom stereocenters. The van der Waals surface area contributed by atoms with E-state index in [9.17, 15) is 9.59 Å². The molecule has 8 nitrogen and oxygen atoms in total. The first kappa shape index (κ1) is 20.5. The van der Waals surface area contributed by atoms with E-state index >= 15 is 4.39 Å². The average molecular weight is 431 g/mol. The molecule has 4 rings (SSSR count). The number of nitrogens with zero attached hydrogens (tertiary/aromatic N) is 2. The second-order valence-electron chi connectivity index (χ2n) is 7.56. The summed E-state index contributed by atoms with van der Waals surface area (Å²) in [6.45, 7) is 1.93. The van der Waals surface area contributed by atoms with Crippen LogP contribution in [0.4, 0.5) is 4.39 Å². The van der Waals surface area contributed by atoms with E-state index in [1.807, 2.05) is 13.0 Å². The third-order valence-corrected chi connectivity index (χ3v) is 6.44. The molecule has 1 aromatic heterocycles. The standard InChI is InChI=1S/C20H22FN5O3S/c1-12-7-19(21)11-30-18(22)26-20(19,10-29-12)13-4-2-3-5-14(6-13)25-17(28)15-8-24-16(27)9-23-15/h2-3,5-6,8-9,12H,4,7,10-11H2,1H3,(H2,22,26)(H,24,27)(H,25,28)/t12-,19+,20+/m0/s1. The molecule has 30 heavy (non-hydrogen) atoms. The Hall–Kier alpha value is -2.72. The summed E-state index contributed by atoms with van der Waals surface area (Å²) in [6, 6.07) is 0. The van der Waals surface area contributed by atoms with Crippen molar-refractivity contribution in [3.05, 3.63) is 64.0 Å². The summed E-state index contributed by atoms with van der Waals surface area (Å²) in [6.07, 6.45) is 9.81. The molecule has 3 atom stereocenters. The quantitative estimate of drug-likeness (QED) is 0.668. The van der Waals surface area contributed by atoms with Gasteiger partial charge in [0.05, 0.1) is 18.9 Å². The lowest BCUT2D eigenvalue weighted by Gasteiger charge is -2.50. The number of aromatic nitrogens is 2. The van der Waals surface area contributed by atoms with Gasteiger partial charge in [-0.15, -0.1) is 0 Å². The van der Waals surface area contributed by atoms with Crippen molar-refractivity contribution in [3.63, 3.8) is 0 Å². The number of aliphatic imine (C=N–C) groups is 1. The van der Waals surface area contributed by atoms with Crippen LogP contribution in [0.15, 0.2) is 57.8 Å². The monoisotopic (exact) mass is 431 g/mol. The van der Waals surface area contributed by atoms with Crippen molar-refractivity contribution in [1.29, 1.82) is 0 Å². The molecule has 2 aliphatic heterocycles. The van der Waals surface area contributed by atoms with Gasteiger partial charge in [-0.3, -0.25) is 9.59 Å². The third kappa shape index (κ3) is 3.72. The van der Waals surface area contributed by atoms with Crippen molar-refractivity contribution >= 4 is 22.8 Å². The Morgan fingerprint density at radius 2 is 2.33 bits per heavy atom. The molecule has 0 saturated carbocycles. The summed E-state index contributed by atoms with van der Waals surface area (Å²) in [4.78, 5) is 34.5. The Bertz CT molecular complexity index is 1030. The zero-order valence-electron chi connectivity index (χ0n) is 16.4.